The first-order valence-corrected chi connectivity index (χ1v) is 5.19. The van der Waals surface area contributed by atoms with Crippen LogP contribution in [-0.2, 0) is 0 Å². The summed E-state index contributed by atoms with van der Waals surface area (Å²) < 4.78 is 0. The zero-order valence-electron chi connectivity index (χ0n) is 9.08. The van der Waals surface area contributed by atoms with Gasteiger partial charge in [0.2, 0.25) is 0 Å². The number of benzene rings is 2. The normalized spacial score (nSPS) is 11.6. The van der Waals surface area contributed by atoms with Crippen molar-refractivity contribution in [1.82, 2.24) is 0 Å². The Labute approximate surface area is 99.1 Å². The van der Waals surface area contributed by atoms with E-state index in [0.29, 0.717) is 11.3 Å². The predicted molar refractivity (Wildman–Crippen MR) is 66.5 cm³/mol. The van der Waals surface area contributed by atoms with E-state index in [2.05, 4.69) is 4.99 Å². The van der Waals surface area contributed by atoms with Crippen LogP contribution >= 0.6 is 0 Å². The number of fused-ring (bicyclic) bond motifs is 1. The SMILES string of the molecule is O=C1N=Cc2ccccc21.Oc1ccccc1. The van der Waals surface area contributed by atoms with Crippen molar-refractivity contribution in [2.75, 3.05) is 0 Å². The molecule has 3 heteroatoms. The molecule has 1 aliphatic rings. The first kappa shape index (κ1) is 11.1. The van der Waals surface area contributed by atoms with Crippen molar-refractivity contribution in [2.24, 2.45) is 4.99 Å². The quantitative estimate of drug-likeness (QED) is 0.749. The molecule has 0 atom stereocenters. The molecule has 0 radical (unpaired) electrons. The lowest BCUT2D eigenvalue weighted by molar-refractivity contribution is 0.101. The highest BCUT2D eigenvalue weighted by atomic mass is 16.3. The molecular formula is C14H11NO2. The number of phenolic OH excluding ortho intramolecular Hbond substituents is 1. The van der Waals surface area contributed by atoms with E-state index in [4.69, 9.17) is 5.11 Å². The summed E-state index contributed by atoms with van der Waals surface area (Å²) in [6.45, 7) is 0. The third-order valence-corrected chi connectivity index (χ3v) is 2.27. The van der Waals surface area contributed by atoms with Crippen LogP contribution in [0.2, 0.25) is 0 Å². The van der Waals surface area contributed by atoms with Gasteiger partial charge in [0.25, 0.3) is 5.91 Å². The first-order valence-electron chi connectivity index (χ1n) is 5.19. The van der Waals surface area contributed by atoms with Crippen molar-refractivity contribution in [3.63, 3.8) is 0 Å². The van der Waals surface area contributed by atoms with E-state index < -0.39 is 0 Å². The number of amides is 1. The Morgan fingerprint density at radius 1 is 0.882 bits per heavy atom. The van der Waals surface area contributed by atoms with Crippen molar-refractivity contribution >= 4 is 12.1 Å². The van der Waals surface area contributed by atoms with Gasteiger partial charge in [0, 0.05) is 11.8 Å². The van der Waals surface area contributed by atoms with E-state index in [1.54, 1.807) is 36.5 Å². The van der Waals surface area contributed by atoms with Gasteiger partial charge in [-0.3, -0.25) is 4.79 Å². The van der Waals surface area contributed by atoms with Gasteiger partial charge in [-0.05, 0) is 18.2 Å². The second-order valence-corrected chi connectivity index (χ2v) is 3.49. The molecular weight excluding hydrogens is 214 g/mol. The molecule has 0 aliphatic carbocycles. The summed E-state index contributed by atoms with van der Waals surface area (Å²) >= 11 is 0. The zero-order chi connectivity index (χ0) is 12.1. The lowest BCUT2D eigenvalue weighted by atomic mass is 10.1. The average molecular weight is 225 g/mol. The zero-order valence-corrected chi connectivity index (χ0v) is 9.08. The van der Waals surface area contributed by atoms with E-state index >= 15 is 0 Å². The van der Waals surface area contributed by atoms with Gasteiger partial charge in [0.1, 0.15) is 5.75 Å². The highest BCUT2D eigenvalue weighted by Gasteiger charge is 2.12. The summed E-state index contributed by atoms with van der Waals surface area (Å²) in [4.78, 5) is 14.5. The number of carbonyl (C=O) groups is 1. The molecule has 0 bridgehead atoms. The van der Waals surface area contributed by atoms with Crippen molar-refractivity contribution in [3.8, 4) is 5.75 Å². The molecule has 3 rings (SSSR count). The molecule has 0 unspecified atom stereocenters. The minimum Gasteiger partial charge on any atom is -0.508 e. The molecule has 0 saturated carbocycles. The Balaban J connectivity index is 0.000000136. The highest BCUT2D eigenvalue weighted by molar-refractivity contribution is 6.12. The summed E-state index contributed by atoms with van der Waals surface area (Å²) in [6, 6.07) is 16.1. The van der Waals surface area contributed by atoms with E-state index in [9.17, 15) is 4.79 Å². The van der Waals surface area contributed by atoms with Gasteiger partial charge in [0.15, 0.2) is 0 Å². The maximum Gasteiger partial charge on any atom is 0.277 e. The van der Waals surface area contributed by atoms with Crippen LogP contribution in [0.5, 0.6) is 5.75 Å². The number of nitrogens with zero attached hydrogens (tertiary/aromatic N) is 1. The highest BCUT2D eigenvalue weighted by Crippen LogP contribution is 2.12. The Bertz CT molecular complexity index is 547. The van der Waals surface area contributed by atoms with Crippen LogP contribution in [0.4, 0.5) is 0 Å². The number of phenols is 1. The lowest BCUT2D eigenvalue weighted by Crippen LogP contribution is -1.89. The molecule has 17 heavy (non-hydrogen) atoms. The van der Waals surface area contributed by atoms with Gasteiger partial charge in [0.05, 0.1) is 5.56 Å². The molecule has 0 saturated heterocycles. The summed E-state index contributed by atoms with van der Waals surface area (Å²) in [5.74, 6) is 0.193. The molecule has 2 aromatic carbocycles. The van der Waals surface area contributed by atoms with Crippen molar-refractivity contribution in [3.05, 3.63) is 65.7 Å². The van der Waals surface area contributed by atoms with Gasteiger partial charge in [-0.15, -0.1) is 0 Å². The van der Waals surface area contributed by atoms with Crippen LogP contribution in [-0.4, -0.2) is 17.2 Å². The lowest BCUT2D eigenvalue weighted by Gasteiger charge is -1.89. The summed E-state index contributed by atoms with van der Waals surface area (Å²) in [7, 11) is 0. The smallest absolute Gasteiger partial charge is 0.277 e. The number of aromatic hydroxyl groups is 1. The van der Waals surface area contributed by atoms with Crippen molar-refractivity contribution in [1.29, 1.82) is 0 Å². The van der Waals surface area contributed by atoms with Gasteiger partial charge in [-0.2, -0.15) is 0 Å². The predicted octanol–water partition coefficient (Wildman–Crippen LogP) is 2.65. The maximum atomic E-state index is 10.9. The second kappa shape index (κ2) is 5.07. The number of para-hydroxylation sites is 1. The molecule has 2 aromatic rings. The van der Waals surface area contributed by atoms with Gasteiger partial charge >= 0.3 is 0 Å². The van der Waals surface area contributed by atoms with Gasteiger partial charge < -0.3 is 5.11 Å². The van der Waals surface area contributed by atoms with Crippen LogP contribution in [0.25, 0.3) is 0 Å². The number of rotatable bonds is 0. The maximum absolute atomic E-state index is 10.9. The van der Waals surface area contributed by atoms with Crippen molar-refractivity contribution < 1.29 is 9.90 Å². The number of aliphatic imine (C=N–C) groups is 1. The van der Waals surface area contributed by atoms with E-state index in [1.165, 1.54) is 0 Å². The van der Waals surface area contributed by atoms with Gasteiger partial charge in [-0.1, -0.05) is 36.4 Å². The van der Waals surface area contributed by atoms with E-state index in [0.717, 1.165) is 5.56 Å². The van der Waals surface area contributed by atoms with E-state index in [1.807, 2.05) is 24.3 Å². The minimum absolute atomic E-state index is 0.129. The number of carbonyl (C=O) groups excluding carboxylic acids is 1. The Morgan fingerprint density at radius 2 is 1.53 bits per heavy atom. The number of hydrogen-bond acceptors (Lipinski definition) is 2. The molecule has 1 aliphatic heterocycles. The largest absolute Gasteiger partial charge is 0.508 e. The Hall–Kier alpha value is -2.42. The second-order valence-electron chi connectivity index (χ2n) is 3.49. The molecule has 1 amide bonds. The van der Waals surface area contributed by atoms with Crippen LogP contribution < -0.4 is 0 Å². The monoisotopic (exact) mass is 225 g/mol. The average Bonchev–Trinajstić information content (AvgIpc) is 2.74. The number of hydrogen-bond donors (Lipinski definition) is 1. The molecule has 0 fully saturated rings. The molecule has 0 aromatic heterocycles. The minimum atomic E-state index is -0.129. The fourth-order valence-electron chi connectivity index (χ4n) is 1.43. The molecule has 84 valence electrons. The summed E-state index contributed by atoms with van der Waals surface area (Å²) in [5.41, 5.74) is 1.63. The summed E-state index contributed by atoms with van der Waals surface area (Å²) in [6.07, 6.45) is 1.59. The Morgan fingerprint density at radius 3 is 2.12 bits per heavy atom. The topological polar surface area (TPSA) is 49.7 Å². The molecule has 0 spiro atoms. The van der Waals surface area contributed by atoms with Crippen LogP contribution in [0, 0.1) is 0 Å². The Kier molecular flexibility index (Phi) is 3.31. The van der Waals surface area contributed by atoms with Gasteiger partial charge in [-0.25, -0.2) is 4.99 Å². The van der Waals surface area contributed by atoms with Crippen LogP contribution in [0.1, 0.15) is 15.9 Å². The van der Waals surface area contributed by atoms with Crippen LogP contribution in [0.3, 0.4) is 0 Å². The summed E-state index contributed by atoms with van der Waals surface area (Å²) in [5, 5.41) is 8.63. The van der Waals surface area contributed by atoms with E-state index in [-0.39, 0.29) is 5.91 Å². The fraction of sp³-hybridized carbons (Fsp3) is 0. The molecule has 1 heterocycles. The molecule has 1 N–H and O–H groups in total. The standard InChI is InChI=1S/C8H5NO.C6H6O/c10-8-7-4-2-1-3-6(7)5-9-8;7-6-4-2-1-3-5-6/h1-5H;1-5,7H. The third kappa shape index (κ3) is 2.78. The van der Waals surface area contributed by atoms with Crippen LogP contribution in [0.15, 0.2) is 59.6 Å². The third-order valence-electron chi connectivity index (χ3n) is 2.27. The molecule has 3 nitrogen and oxygen atoms in total. The fourth-order valence-corrected chi connectivity index (χ4v) is 1.43. The van der Waals surface area contributed by atoms with Crippen molar-refractivity contribution in [2.45, 2.75) is 0 Å². The first-order chi connectivity index (χ1) is 8.27.